The molecule has 10 heteroatoms. The van der Waals surface area contributed by atoms with Crippen molar-refractivity contribution in [3.8, 4) is 0 Å². The van der Waals surface area contributed by atoms with E-state index in [0.717, 1.165) is 0 Å². The molecule has 0 bridgehead atoms. The Labute approximate surface area is 96.0 Å². The molecule has 0 amide bonds. The molecule has 0 aliphatic carbocycles. The van der Waals surface area contributed by atoms with Gasteiger partial charge in [0.25, 0.3) is 11.8 Å². The molecule has 0 aromatic heterocycles. The van der Waals surface area contributed by atoms with Crippen molar-refractivity contribution < 1.29 is 43.9 Å². The summed E-state index contributed by atoms with van der Waals surface area (Å²) >= 11 is 0. The van der Waals surface area contributed by atoms with Crippen LogP contribution in [0, 0.1) is 0 Å². The van der Waals surface area contributed by atoms with Crippen LogP contribution in [0.25, 0.3) is 0 Å². The number of halogens is 10. The van der Waals surface area contributed by atoms with E-state index in [9.17, 15) is 43.9 Å². The summed E-state index contributed by atoms with van der Waals surface area (Å²) < 4.78 is 112. The Morgan fingerprint density at radius 2 is 0.667 bits per heavy atom. The molecule has 0 saturated heterocycles. The predicted octanol–water partition coefficient (Wildman–Crippen LogP) is 5.19. The SMILES string of the molecule is CC(F)(F)CC(F)(F)F.CC(F)(F)CC(F)(F)F. The van der Waals surface area contributed by atoms with E-state index < -0.39 is 37.0 Å². The van der Waals surface area contributed by atoms with Crippen LogP contribution in [0.2, 0.25) is 0 Å². The summed E-state index contributed by atoms with van der Waals surface area (Å²) in [6.45, 7) is 0.473. The van der Waals surface area contributed by atoms with E-state index in [1.165, 1.54) is 0 Å². The lowest BCUT2D eigenvalue weighted by Crippen LogP contribution is -2.21. The van der Waals surface area contributed by atoms with Crippen LogP contribution in [0.1, 0.15) is 26.7 Å². The Bertz CT molecular complexity index is 174. The van der Waals surface area contributed by atoms with E-state index in [1.807, 2.05) is 0 Å². The van der Waals surface area contributed by atoms with Gasteiger partial charge in [0.15, 0.2) is 0 Å². The van der Waals surface area contributed by atoms with E-state index in [1.54, 1.807) is 0 Å². The molecule has 0 rings (SSSR count). The predicted molar refractivity (Wildman–Crippen MR) is 42.6 cm³/mol. The second-order valence-electron chi connectivity index (χ2n) is 3.72. The second kappa shape index (κ2) is 5.96. The zero-order chi connectivity index (χ0) is 15.4. The molecule has 0 saturated carbocycles. The zero-order valence-corrected chi connectivity index (χ0v) is 9.19. The van der Waals surface area contributed by atoms with Crippen molar-refractivity contribution in [2.75, 3.05) is 0 Å². The minimum absolute atomic E-state index is 0.237. The molecule has 18 heavy (non-hydrogen) atoms. The highest BCUT2D eigenvalue weighted by Gasteiger charge is 2.40. The third-order valence-electron chi connectivity index (χ3n) is 1.02. The normalized spacial score (nSPS) is 14.0. The summed E-state index contributed by atoms with van der Waals surface area (Å²) in [6.07, 6.45) is -13.6. The third kappa shape index (κ3) is 24.5. The highest BCUT2D eigenvalue weighted by Crippen LogP contribution is 2.31. The fourth-order valence-corrected chi connectivity index (χ4v) is 0.704. The molecule has 0 atom stereocenters. The highest BCUT2D eigenvalue weighted by atomic mass is 19.4. The second-order valence-corrected chi connectivity index (χ2v) is 3.72. The van der Waals surface area contributed by atoms with Gasteiger partial charge in [0.2, 0.25) is 0 Å². The average molecular weight is 296 g/mol. The van der Waals surface area contributed by atoms with Gasteiger partial charge in [-0.3, -0.25) is 0 Å². The van der Waals surface area contributed by atoms with Crippen LogP contribution in [-0.2, 0) is 0 Å². The number of hydrogen-bond acceptors (Lipinski definition) is 0. The van der Waals surface area contributed by atoms with Crippen molar-refractivity contribution in [1.29, 1.82) is 0 Å². The van der Waals surface area contributed by atoms with Crippen molar-refractivity contribution in [2.45, 2.75) is 50.9 Å². The first-order valence-electron chi connectivity index (χ1n) is 4.30. The highest BCUT2D eigenvalue weighted by molar-refractivity contribution is 4.64. The fourth-order valence-electron chi connectivity index (χ4n) is 0.704. The van der Waals surface area contributed by atoms with E-state index in [4.69, 9.17) is 0 Å². The molecule has 112 valence electrons. The molecular formula is C8H10F10. The average Bonchev–Trinajstić information content (AvgIpc) is 1.64. The van der Waals surface area contributed by atoms with Crippen LogP contribution in [0.5, 0.6) is 0 Å². The van der Waals surface area contributed by atoms with E-state index >= 15 is 0 Å². The molecule has 0 N–H and O–H groups in total. The van der Waals surface area contributed by atoms with Gasteiger partial charge in [-0.05, 0) is 13.8 Å². The molecule has 0 unspecified atom stereocenters. The monoisotopic (exact) mass is 296 g/mol. The summed E-state index contributed by atoms with van der Waals surface area (Å²) in [7, 11) is 0. The fraction of sp³-hybridized carbons (Fsp3) is 1.00. The maximum Gasteiger partial charge on any atom is 0.394 e. The zero-order valence-electron chi connectivity index (χ0n) is 9.19. The van der Waals surface area contributed by atoms with Gasteiger partial charge in [-0.1, -0.05) is 0 Å². The van der Waals surface area contributed by atoms with Crippen LogP contribution < -0.4 is 0 Å². The Morgan fingerprint density at radius 3 is 0.667 bits per heavy atom. The molecule has 0 aliphatic heterocycles. The van der Waals surface area contributed by atoms with Gasteiger partial charge in [-0.25, -0.2) is 17.6 Å². The number of alkyl halides is 10. The minimum atomic E-state index is -4.77. The summed E-state index contributed by atoms with van der Waals surface area (Å²) in [5.74, 6) is -7.28. The number of hydrogen-bond donors (Lipinski definition) is 0. The molecule has 0 heterocycles. The molecule has 0 aliphatic rings. The Morgan fingerprint density at radius 1 is 0.500 bits per heavy atom. The summed E-state index contributed by atoms with van der Waals surface area (Å²) in [5, 5.41) is 0. The molecule has 0 aromatic rings. The van der Waals surface area contributed by atoms with E-state index in [2.05, 4.69) is 0 Å². The van der Waals surface area contributed by atoms with Gasteiger partial charge in [0.05, 0.1) is 0 Å². The first kappa shape index (κ1) is 19.6. The lowest BCUT2D eigenvalue weighted by molar-refractivity contribution is -0.183. The smallest absolute Gasteiger partial charge is 0.207 e. The van der Waals surface area contributed by atoms with Gasteiger partial charge >= 0.3 is 12.4 Å². The maximum atomic E-state index is 11.5. The first-order chi connectivity index (χ1) is 7.41. The van der Waals surface area contributed by atoms with Crippen molar-refractivity contribution in [3.63, 3.8) is 0 Å². The Balaban J connectivity index is 0. The Hall–Kier alpha value is -0.700. The van der Waals surface area contributed by atoms with Crippen LogP contribution >= 0.6 is 0 Å². The summed E-state index contributed by atoms with van der Waals surface area (Å²) in [5.41, 5.74) is 0. The molecular weight excluding hydrogens is 286 g/mol. The molecule has 0 aromatic carbocycles. The van der Waals surface area contributed by atoms with Gasteiger partial charge in [-0.15, -0.1) is 0 Å². The van der Waals surface area contributed by atoms with Crippen molar-refractivity contribution in [1.82, 2.24) is 0 Å². The standard InChI is InChI=1S/2C4H5F5/c2*1-3(5,6)2-4(7,8)9/h2*2H2,1H3. The van der Waals surface area contributed by atoms with E-state index in [0.29, 0.717) is 0 Å². The third-order valence-corrected chi connectivity index (χ3v) is 1.02. The summed E-state index contributed by atoms with van der Waals surface area (Å²) in [4.78, 5) is 0. The van der Waals surface area contributed by atoms with Crippen LogP contribution in [0.15, 0.2) is 0 Å². The van der Waals surface area contributed by atoms with Crippen molar-refractivity contribution in [3.05, 3.63) is 0 Å². The lowest BCUT2D eigenvalue weighted by atomic mass is 10.3. The van der Waals surface area contributed by atoms with Crippen LogP contribution in [0.4, 0.5) is 43.9 Å². The number of rotatable bonds is 2. The minimum Gasteiger partial charge on any atom is -0.207 e. The first-order valence-corrected chi connectivity index (χ1v) is 4.30. The van der Waals surface area contributed by atoms with Crippen molar-refractivity contribution >= 4 is 0 Å². The van der Waals surface area contributed by atoms with Crippen LogP contribution in [-0.4, -0.2) is 24.2 Å². The molecule has 0 radical (unpaired) electrons. The summed E-state index contributed by atoms with van der Waals surface area (Å²) in [6, 6.07) is 0. The van der Waals surface area contributed by atoms with Gasteiger partial charge in [0, 0.05) is 0 Å². The molecule has 0 spiro atoms. The Kier molecular flexibility index (Phi) is 6.50. The van der Waals surface area contributed by atoms with Crippen LogP contribution in [0.3, 0.4) is 0 Å². The van der Waals surface area contributed by atoms with Gasteiger partial charge in [-0.2, -0.15) is 26.3 Å². The van der Waals surface area contributed by atoms with Crippen molar-refractivity contribution in [2.24, 2.45) is 0 Å². The van der Waals surface area contributed by atoms with E-state index in [-0.39, 0.29) is 13.8 Å². The van der Waals surface area contributed by atoms with Gasteiger partial charge in [0.1, 0.15) is 12.8 Å². The van der Waals surface area contributed by atoms with Gasteiger partial charge < -0.3 is 0 Å². The lowest BCUT2D eigenvalue weighted by Gasteiger charge is -2.11. The molecule has 0 nitrogen and oxygen atoms in total. The quantitative estimate of drug-likeness (QED) is 0.615. The molecule has 0 fully saturated rings. The topological polar surface area (TPSA) is 0 Å². The largest absolute Gasteiger partial charge is 0.394 e. The maximum absolute atomic E-state index is 11.5.